The van der Waals surface area contributed by atoms with E-state index in [0.29, 0.717) is 61.3 Å². The molecular formula is C42H53NO6. The molecule has 0 radical (unpaired) electrons. The van der Waals surface area contributed by atoms with Crippen molar-refractivity contribution in [1.29, 1.82) is 0 Å². The number of benzene rings is 3. The molecule has 0 aromatic heterocycles. The Morgan fingerprint density at radius 1 is 0.959 bits per heavy atom. The molecule has 262 valence electrons. The van der Waals surface area contributed by atoms with Crippen molar-refractivity contribution >= 4 is 11.7 Å². The number of amides is 1. The minimum Gasteiger partial charge on any atom is -0.493 e. The van der Waals surface area contributed by atoms with Crippen LogP contribution in [0.4, 0.5) is 0 Å². The van der Waals surface area contributed by atoms with Gasteiger partial charge in [-0.25, -0.2) is 0 Å². The Morgan fingerprint density at radius 2 is 1.71 bits per heavy atom. The number of hydrogen-bond donors (Lipinski definition) is 2. The average molecular weight is 668 g/mol. The Labute approximate surface area is 292 Å². The predicted octanol–water partition coefficient (Wildman–Crippen LogP) is 7.45. The van der Waals surface area contributed by atoms with Gasteiger partial charge in [0.05, 0.1) is 32.3 Å². The zero-order valence-electron chi connectivity index (χ0n) is 29.8. The van der Waals surface area contributed by atoms with Gasteiger partial charge in [-0.2, -0.15) is 0 Å². The summed E-state index contributed by atoms with van der Waals surface area (Å²) in [4.78, 5) is 30.0. The summed E-state index contributed by atoms with van der Waals surface area (Å²) in [5, 5.41) is 23.7. The van der Waals surface area contributed by atoms with Crippen LogP contribution < -0.4 is 9.47 Å². The molecule has 0 heterocycles. The van der Waals surface area contributed by atoms with E-state index < -0.39 is 17.1 Å². The van der Waals surface area contributed by atoms with Gasteiger partial charge in [0.25, 0.3) is 0 Å². The van der Waals surface area contributed by atoms with E-state index in [1.165, 1.54) is 5.57 Å². The molecule has 0 saturated heterocycles. The maximum atomic E-state index is 14.2. The van der Waals surface area contributed by atoms with Crippen molar-refractivity contribution in [3.63, 3.8) is 0 Å². The highest BCUT2D eigenvalue weighted by atomic mass is 16.5. The third kappa shape index (κ3) is 7.94. The van der Waals surface area contributed by atoms with Crippen LogP contribution >= 0.6 is 0 Å². The van der Waals surface area contributed by atoms with E-state index in [2.05, 4.69) is 32.9 Å². The molecule has 1 saturated carbocycles. The molecule has 2 N–H and O–H groups in total. The molecule has 0 aliphatic heterocycles. The van der Waals surface area contributed by atoms with Gasteiger partial charge in [-0.3, -0.25) is 9.59 Å². The van der Waals surface area contributed by atoms with Crippen LogP contribution in [0.3, 0.4) is 0 Å². The Kier molecular flexibility index (Phi) is 11.7. The van der Waals surface area contributed by atoms with E-state index >= 15 is 0 Å². The van der Waals surface area contributed by atoms with Gasteiger partial charge in [-0.1, -0.05) is 74.0 Å². The number of ketones is 1. The molecule has 3 aliphatic rings. The molecule has 1 fully saturated rings. The Balaban J connectivity index is 1.53. The fourth-order valence-corrected chi connectivity index (χ4v) is 8.10. The van der Waals surface area contributed by atoms with Crippen LogP contribution in [0.25, 0.3) is 0 Å². The SMILES string of the molecule is CCCN(C[C@]1(O)CC[C@H]2c3ccc(cc3C(=O)c3ccccc3)C[C@@H](O)CCC(C)=CCC[C@@]21C)C(=O)Cc1ccc(OC)c(OC)c1. The number of hydrogen-bond acceptors (Lipinski definition) is 6. The summed E-state index contributed by atoms with van der Waals surface area (Å²) in [5.41, 5.74) is 3.35. The number of aliphatic hydroxyl groups is 2. The fraction of sp³-hybridized carbons (Fsp3) is 0.476. The van der Waals surface area contributed by atoms with Crippen molar-refractivity contribution in [2.75, 3.05) is 27.3 Å². The lowest BCUT2D eigenvalue weighted by Crippen LogP contribution is -2.54. The lowest BCUT2D eigenvalue weighted by Gasteiger charge is -2.46. The molecule has 49 heavy (non-hydrogen) atoms. The maximum Gasteiger partial charge on any atom is 0.227 e. The Hall–Kier alpha value is -3.94. The second-order valence-corrected chi connectivity index (χ2v) is 14.3. The minimum atomic E-state index is -1.18. The van der Waals surface area contributed by atoms with Crippen LogP contribution in [0.5, 0.6) is 11.5 Å². The molecule has 6 rings (SSSR count). The van der Waals surface area contributed by atoms with Gasteiger partial charge < -0.3 is 24.6 Å². The van der Waals surface area contributed by atoms with Gasteiger partial charge in [0.1, 0.15) is 0 Å². The Bertz CT molecular complexity index is 1650. The summed E-state index contributed by atoms with van der Waals surface area (Å²) in [7, 11) is 3.17. The summed E-state index contributed by atoms with van der Waals surface area (Å²) >= 11 is 0. The average Bonchev–Trinajstić information content (AvgIpc) is 3.35. The van der Waals surface area contributed by atoms with Crippen molar-refractivity contribution in [3.05, 3.63) is 106 Å². The second-order valence-electron chi connectivity index (χ2n) is 14.3. The molecule has 4 atom stereocenters. The van der Waals surface area contributed by atoms with Crippen molar-refractivity contribution < 1.29 is 29.3 Å². The fourth-order valence-electron chi connectivity index (χ4n) is 8.10. The molecule has 3 aromatic carbocycles. The minimum absolute atomic E-state index is 0.0472. The number of rotatable bonds is 10. The number of fused-ring (bicyclic) bond motifs is 8. The van der Waals surface area contributed by atoms with Crippen LogP contribution in [0, 0.1) is 5.41 Å². The van der Waals surface area contributed by atoms with E-state index in [1.807, 2.05) is 65.6 Å². The van der Waals surface area contributed by atoms with Crippen molar-refractivity contribution in [3.8, 4) is 11.5 Å². The van der Waals surface area contributed by atoms with E-state index in [9.17, 15) is 19.8 Å². The normalized spacial score (nSPS) is 24.0. The molecular weight excluding hydrogens is 614 g/mol. The number of carbonyl (C=O) groups is 2. The van der Waals surface area contributed by atoms with Crippen molar-refractivity contribution in [2.45, 2.75) is 96.2 Å². The third-order valence-electron chi connectivity index (χ3n) is 11.1. The molecule has 0 spiro atoms. The van der Waals surface area contributed by atoms with E-state index in [0.717, 1.165) is 36.0 Å². The summed E-state index contributed by atoms with van der Waals surface area (Å²) in [6, 6.07) is 20.9. The summed E-state index contributed by atoms with van der Waals surface area (Å²) in [6.07, 6.45) is 7.24. The molecule has 7 nitrogen and oxygen atoms in total. The first-order valence-corrected chi connectivity index (χ1v) is 17.8. The number of ether oxygens (including phenoxy) is 2. The van der Waals surface area contributed by atoms with E-state index in [1.54, 1.807) is 14.2 Å². The molecule has 3 aromatic rings. The summed E-state index contributed by atoms with van der Waals surface area (Å²) < 4.78 is 10.9. The van der Waals surface area contributed by atoms with Crippen molar-refractivity contribution in [2.24, 2.45) is 5.41 Å². The lowest BCUT2D eigenvalue weighted by molar-refractivity contribution is -0.139. The first-order chi connectivity index (χ1) is 23.5. The highest BCUT2D eigenvalue weighted by Gasteiger charge is 2.57. The highest BCUT2D eigenvalue weighted by Crippen LogP contribution is 2.59. The van der Waals surface area contributed by atoms with Crippen LogP contribution in [-0.2, 0) is 17.6 Å². The van der Waals surface area contributed by atoms with E-state index in [-0.39, 0.29) is 30.6 Å². The van der Waals surface area contributed by atoms with Crippen LogP contribution in [0.2, 0.25) is 0 Å². The second kappa shape index (κ2) is 15.7. The number of allylic oxidation sites excluding steroid dienone is 2. The summed E-state index contributed by atoms with van der Waals surface area (Å²) in [5.74, 6) is 0.972. The van der Waals surface area contributed by atoms with Gasteiger partial charge in [-0.05, 0) is 99.1 Å². The maximum absolute atomic E-state index is 14.2. The zero-order chi connectivity index (χ0) is 35.2. The summed E-state index contributed by atoms with van der Waals surface area (Å²) in [6.45, 7) is 7.07. The molecule has 2 bridgehead atoms. The highest BCUT2D eigenvalue weighted by molar-refractivity contribution is 6.10. The topological polar surface area (TPSA) is 96.3 Å². The van der Waals surface area contributed by atoms with Crippen molar-refractivity contribution in [1.82, 2.24) is 4.90 Å². The number of carbonyl (C=O) groups excluding carboxylic acids is 2. The van der Waals surface area contributed by atoms with E-state index in [4.69, 9.17) is 9.47 Å². The van der Waals surface area contributed by atoms with Gasteiger partial charge in [-0.15, -0.1) is 0 Å². The first kappa shape index (κ1) is 36.3. The number of nitrogens with zero attached hydrogens (tertiary/aromatic N) is 1. The first-order valence-electron chi connectivity index (χ1n) is 17.8. The van der Waals surface area contributed by atoms with Gasteiger partial charge in [0, 0.05) is 29.6 Å². The van der Waals surface area contributed by atoms with Crippen LogP contribution in [0.1, 0.15) is 104 Å². The quantitative estimate of drug-likeness (QED) is 0.172. The standard InChI is InChI=1S/C42H53NO6/c1-6-23-43(39(45)27-31-16-19-37(48-4)38(26-31)49-5)28-42(47)22-20-36-34-18-15-30(25-35(34)40(46)32-12-8-7-9-13-32)24-33(44)17-14-29(2)11-10-21-41(36,42)3/h7-9,11-13,15-16,18-19,25-26,33,36,44,47H,6,10,14,17,20-24,27-28H2,1-5H3/t33-,36-,41-,42+/m0/s1. The Morgan fingerprint density at radius 3 is 2.43 bits per heavy atom. The van der Waals surface area contributed by atoms with Gasteiger partial charge >= 0.3 is 0 Å². The largest absolute Gasteiger partial charge is 0.493 e. The third-order valence-corrected chi connectivity index (χ3v) is 11.1. The molecule has 1 amide bonds. The predicted molar refractivity (Wildman–Crippen MR) is 193 cm³/mol. The molecule has 0 unspecified atom stereocenters. The zero-order valence-corrected chi connectivity index (χ0v) is 29.8. The van der Waals surface area contributed by atoms with Gasteiger partial charge in [0.15, 0.2) is 17.3 Å². The smallest absolute Gasteiger partial charge is 0.227 e. The number of methoxy groups -OCH3 is 2. The van der Waals surface area contributed by atoms with Crippen LogP contribution in [-0.4, -0.2) is 65.8 Å². The monoisotopic (exact) mass is 667 g/mol. The number of aliphatic hydroxyl groups excluding tert-OH is 1. The van der Waals surface area contributed by atoms with Gasteiger partial charge in [0.2, 0.25) is 5.91 Å². The molecule has 3 aliphatic carbocycles. The molecule has 7 heteroatoms. The van der Waals surface area contributed by atoms with Crippen LogP contribution in [0.15, 0.2) is 78.4 Å². The lowest BCUT2D eigenvalue weighted by atomic mass is 9.64.